The average molecular weight is 373 g/mol. The van der Waals surface area contributed by atoms with Gasteiger partial charge in [-0.1, -0.05) is 12.1 Å². The first kappa shape index (κ1) is 18.8. The van der Waals surface area contributed by atoms with Crippen molar-refractivity contribution >= 4 is 23.2 Å². The van der Waals surface area contributed by atoms with Crippen molar-refractivity contribution in [3.63, 3.8) is 0 Å². The molecular formula is C16H14F3NO4S. The third kappa shape index (κ3) is 5.49. The molecule has 1 heterocycles. The number of carboxylic acids is 1. The van der Waals surface area contributed by atoms with E-state index < -0.39 is 30.7 Å². The van der Waals surface area contributed by atoms with Crippen LogP contribution in [0.25, 0.3) is 0 Å². The van der Waals surface area contributed by atoms with E-state index in [0.717, 1.165) is 11.3 Å². The van der Waals surface area contributed by atoms with Crippen molar-refractivity contribution in [2.75, 3.05) is 6.61 Å². The van der Waals surface area contributed by atoms with E-state index in [4.69, 9.17) is 5.11 Å². The molecule has 1 unspecified atom stereocenters. The van der Waals surface area contributed by atoms with Gasteiger partial charge in [-0.05, 0) is 36.8 Å². The van der Waals surface area contributed by atoms with Crippen molar-refractivity contribution in [2.45, 2.75) is 19.1 Å². The topological polar surface area (TPSA) is 75.6 Å². The van der Waals surface area contributed by atoms with Gasteiger partial charge in [0.25, 0.3) is 5.91 Å². The second kappa shape index (κ2) is 7.56. The SMILES string of the molecule is CC(NC(=O)c1ccc(C(=O)O)s1)c1ccc(OCC(F)(F)F)cc1. The Balaban J connectivity index is 1.96. The minimum Gasteiger partial charge on any atom is -0.484 e. The Kier molecular flexibility index (Phi) is 5.68. The monoisotopic (exact) mass is 373 g/mol. The lowest BCUT2D eigenvalue weighted by atomic mass is 10.1. The summed E-state index contributed by atoms with van der Waals surface area (Å²) in [5.41, 5.74) is 0.669. The molecule has 134 valence electrons. The van der Waals surface area contributed by atoms with E-state index in [-0.39, 0.29) is 15.5 Å². The largest absolute Gasteiger partial charge is 0.484 e. The number of nitrogens with one attached hydrogen (secondary N) is 1. The first-order valence-corrected chi connectivity index (χ1v) is 7.91. The summed E-state index contributed by atoms with van der Waals surface area (Å²) in [5.74, 6) is -1.46. The first-order chi connectivity index (χ1) is 11.7. The van der Waals surface area contributed by atoms with E-state index in [1.807, 2.05) is 0 Å². The van der Waals surface area contributed by atoms with E-state index >= 15 is 0 Å². The van der Waals surface area contributed by atoms with Crippen molar-refractivity contribution in [1.29, 1.82) is 0 Å². The number of hydrogen-bond acceptors (Lipinski definition) is 4. The van der Waals surface area contributed by atoms with Crippen LogP contribution >= 0.6 is 11.3 Å². The molecule has 0 aliphatic rings. The smallest absolute Gasteiger partial charge is 0.422 e. The Morgan fingerprint density at radius 3 is 2.28 bits per heavy atom. The maximum absolute atomic E-state index is 12.1. The van der Waals surface area contributed by atoms with Crippen LogP contribution in [0.15, 0.2) is 36.4 Å². The van der Waals surface area contributed by atoms with Crippen molar-refractivity contribution in [2.24, 2.45) is 0 Å². The zero-order chi connectivity index (χ0) is 18.6. The Labute approximate surface area is 145 Å². The number of benzene rings is 1. The summed E-state index contributed by atoms with van der Waals surface area (Å²) in [6, 6.07) is 8.22. The number of carbonyl (C=O) groups is 2. The number of thiophene rings is 1. The maximum Gasteiger partial charge on any atom is 0.422 e. The molecule has 0 aliphatic heterocycles. The standard InChI is InChI=1S/C16H14F3NO4S/c1-9(20-14(21)12-6-7-13(25-12)15(22)23)10-2-4-11(5-3-10)24-8-16(17,18)19/h2-7,9H,8H2,1H3,(H,20,21)(H,22,23). The normalized spacial score (nSPS) is 12.5. The molecule has 0 aliphatic carbocycles. The van der Waals surface area contributed by atoms with Crippen LogP contribution in [-0.2, 0) is 0 Å². The number of carbonyl (C=O) groups excluding carboxylic acids is 1. The molecule has 2 N–H and O–H groups in total. The number of aromatic carboxylic acids is 1. The number of ether oxygens (including phenoxy) is 1. The minimum atomic E-state index is -4.41. The molecule has 1 aromatic carbocycles. The van der Waals surface area contributed by atoms with Gasteiger partial charge in [0.15, 0.2) is 6.61 Å². The maximum atomic E-state index is 12.1. The molecule has 1 amide bonds. The first-order valence-electron chi connectivity index (χ1n) is 7.09. The predicted octanol–water partition coefficient (Wildman–Crippen LogP) is 3.88. The highest BCUT2D eigenvalue weighted by atomic mass is 32.1. The van der Waals surface area contributed by atoms with Crippen LogP contribution in [0.3, 0.4) is 0 Å². The fourth-order valence-corrected chi connectivity index (χ4v) is 2.69. The van der Waals surface area contributed by atoms with Crippen molar-refractivity contribution in [3.05, 3.63) is 51.7 Å². The van der Waals surface area contributed by atoms with E-state index in [1.54, 1.807) is 19.1 Å². The molecule has 2 rings (SSSR count). The van der Waals surface area contributed by atoms with E-state index in [0.29, 0.717) is 5.56 Å². The van der Waals surface area contributed by atoms with Gasteiger partial charge in [-0.15, -0.1) is 11.3 Å². The molecule has 1 atom stereocenters. The zero-order valence-corrected chi connectivity index (χ0v) is 13.8. The molecule has 9 heteroatoms. The number of carboxylic acid groups (broad SMARTS) is 1. The van der Waals surface area contributed by atoms with Gasteiger partial charge in [0.1, 0.15) is 10.6 Å². The number of rotatable bonds is 6. The quantitative estimate of drug-likeness (QED) is 0.806. The lowest BCUT2D eigenvalue weighted by molar-refractivity contribution is -0.153. The summed E-state index contributed by atoms with van der Waals surface area (Å²) in [4.78, 5) is 23.2. The van der Waals surface area contributed by atoms with Gasteiger partial charge < -0.3 is 15.2 Å². The summed E-state index contributed by atoms with van der Waals surface area (Å²) < 4.78 is 40.9. The molecule has 1 aromatic heterocycles. The predicted molar refractivity (Wildman–Crippen MR) is 85.2 cm³/mol. The van der Waals surface area contributed by atoms with Gasteiger partial charge in [0.2, 0.25) is 0 Å². The van der Waals surface area contributed by atoms with Crippen LogP contribution in [0.4, 0.5) is 13.2 Å². The third-order valence-corrected chi connectivity index (χ3v) is 4.24. The Morgan fingerprint density at radius 2 is 1.76 bits per heavy atom. The Bertz CT molecular complexity index is 755. The Morgan fingerprint density at radius 1 is 1.16 bits per heavy atom. The lowest BCUT2D eigenvalue weighted by Gasteiger charge is -2.15. The molecule has 2 aromatic rings. The molecule has 0 bridgehead atoms. The molecule has 5 nitrogen and oxygen atoms in total. The van der Waals surface area contributed by atoms with Crippen LogP contribution in [0.2, 0.25) is 0 Å². The fourth-order valence-electron chi connectivity index (χ4n) is 1.94. The van der Waals surface area contributed by atoms with Crippen LogP contribution < -0.4 is 10.1 Å². The molecular weight excluding hydrogens is 359 g/mol. The fraction of sp³-hybridized carbons (Fsp3) is 0.250. The van der Waals surface area contributed by atoms with Gasteiger partial charge in [0, 0.05) is 0 Å². The number of hydrogen-bond donors (Lipinski definition) is 2. The number of halogens is 3. The van der Waals surface area contributed by atoms with Gasteiger partial charge in [0.05, 0.1) is 10.9 Å². The highest BCUT2D eigenvalue weighted by Crippen LogP contribution is 2.22. The van der Waals surface area contributed by atoms with Gasteiger partial charge in [-0.25, -0.2) is 4.79 Å². The molecule has 25 heavy (non-hydrogen) atoms. The molecule has 0 radical (unpaired) electrons. The summed E-state index contributed by atoms with van der Waals surface area (Å²) in [6.45, 7) is 0.331. The average Bonchev–Trinajstić information content (AvgIpc) is 3.03. The molecule has 0 spiro atoms. The third-order valence-electron chi connectivity index (χ3n) is 3.17. The summed E-state index contributed by atoms with van der Waals surface area (Å²) >= 11 is 0.859. The van der Waals surface area contributed by atoms with Crippen LogP contribution in [-0.4, -0.2) is 29.8 Å². The highest BCUT2D eigenvalue weighted by molar-refractivity contribution is 7.15. The van der Waals surface area contributed by atoms with Crippen LogP contribution in [0.1, 0.15) is 37.9 Å². The van der Waals surface area contributed by atoms with Gasteiger partial charge >= 0.3 is 12.1 Å². The van der Waals surface area contributed by atoms with E-state index in [2.05, 4.69) is 10.1 Å². The summed E-state index contributed by atoms with van der Waals surface area (Å²) in [7, 11) is 0. The highest BCUT2D eigenvalue weighted by Gasteiger charge is 2.28. The van der Waals surface area contributed by atoms with Crippen molar-refractivity contribution < 1.29 is 32.6 Å². The minimum absolute atomic E-state index is 0.0592. The number of amides is 1. The van der Waals surface area contributed by atoms with E-state index in [1.165, 1.54) is 24.3 Å². The van der Waals surface area contributed by atoms with Crippen molar-refractivity contribution in [1.82, 2.24) is 5.32 Å². The van der Waals surface area contributed by atoms with E-state index in [9.17, 15) is 22.8 Å². The van der Waals surface area contributed by atoms with Gasteiger partial charge in [-0.2, -0.15) is 13.2 Å². The molecule has 0 saturated heterocycles. The molecule has 0 fully saturated rings. The summed E-state index contributed by atoms with van der Waals surface area (Å²) in [5, 5.41) is 11.6. The Hall–Kier alpha value is -2.55. The van der Waals surface area contributed by atoms with Crippen LogP contribution in [0, 0.1) is 0 Å². The zero-order valence-electron chi connectivity index (χ0n) is 13.0. The summed E-state index contributed by atoms with van der Waals surface area (Å²) in [6.07, 6.45) is -4.41. The van der Waals surface area contributed by atoms with Crippen LogP contribution in [0.5, 0.6) is 5.75 Å². The van der Waals surface area contributed by atoms with Crippen molar-refractivity contribution in [3.8, 4) is 5.75 Å². The molecule has 0 saturated carbocycles. The number of alkyl halides is 3. The van der Waals surface area contributed by atoms with Gasteiger partial charge in [-0.3, -0.25) is 4.79 Å². The lowest BCUT2D eigenvalue weighted by Crippen LogP contribution is -2.25. The second-order valence-corrected chi connectivity index (χ2v) is 6.22. The second-order valence-electron chi connectivity index (χ2n) is 5.14.